The summed E-state index contributed by atoms with van der Waals surface area (Å²) >= 11 is 3.40. The number of rotatable bonds is 2. The summed E-state index contributed by atoms with van der Waals surface area (Å²) in [6.07, 6.45) is 0.947. The Morgan fingerprint density at radius 3 is 2.29 bits per heavy atom. The lowest BCUT2D eigenvalue weighted by molar-refractivity contribution is 0.608. The van der Waals surface area contributed by atoms with E-state index in [1.54, 1.807) is 0 Å². The van der Waals surface area contributed by atoms with Crippen LogP contribution in [-0.4, -0.2) is 24.8 Å². The molecule has 0 aliphatic rings. The molecule has 3 heteroatoms. The average molecular weight is 255 g/mol. The lowest BCUT2D eigenvalue weighted by Gasteiger charge is -2.13. The molecule has 0 unspecified atom stereocenters. The van der Waals surface area contributed by atoms with Gasteiger partial charge in [0, 0.05) is 25.0 Å². The molecule has 0 saturated carbocycles. The summed E-state index contributed by atoms with van der Waals surface area (Å²) in [5, 5.41) is 0. The molecule has 0 atom stereocenters. The van der Waals surface area contributed by atoms with Crippen LogP contribution >= 0.6 is 15.9 Å². The van der Waals surface area contributed by atoms with Gasteiger partial charge < -0.3 is 4.90 Å². The van der Waals surface area contributed by atoms with E-state index in [0.29, 0.717) is 0 Å². The predicted octanol–water partition coefficient (Wildman–Crippen LogP) is 3.45. The van der Waals surface area contributed by atoms with Crippen molar-refractivity contribution in [2.24, 2.45) is 4.99 Å². The molecule has 0 aromatic heterocycles. The van der Waals surface area contributed by atoms with Crippen molar-refractivity contribution in [3.63, 3.8) is 0 Å². The van der Waals surface area contributed by atoms with E-state index >= 15 is 0 Å². The zero-order valence-corrected chi connectivity index (χ0v) is 10.4. The zero-order valence-electron chi connectivity index (χ0n) is 8.79. The first-order valence-corrected chi connectivity index (χ1v) is 5.43. The number of benzene rings is 1. The first kappa shape index (κ1) is 11.2. The van der Waals surface area contributed by atoms with Crippen molar-refractivity contribution in [1.82, 2.24) is 4.90 Å². The molecule has 0 aliphatic heterocycles. The summed E-state index contributed by atoms with van der Waals surface area (Å²) in [6.45, 7) is 2.11. The molecule has 0 spiro atoms. The van der Waals surface area contributed by atoms with Gasteiger partial charge in [0.1, 0.15) is 5.84 Å². The van der Waals surface area contributed by atoms with Crippen molar-refractivity contribution in [2.45, 2.75) is 13.3 Å². The molecule has 0 fully saturated rings. The molecule has 76 valence electrons. The highest BCUT2D eigenvalue weighted by Crippen LogP contribution is 2.17. The maximum absolute atomic E-state index is 4.54. The Morgan fingerprint density at radius 1 is 1.29 bits per heavy atom. The van der Waals surface area contributed by atoms with E-state index < -0.39 is 0 Å². The van der Waals surface area contributed by atoms with E-state index in [9.17, 15) is 0 Å². The molecule has 0 bridgehead atoms. The van der Waals surface area contributed by atoms with Crippen LogP contribution < -0.4 is 0 Å². The van der Waals surface area contributed by atoms with E-state index in [4.69, 9.17) is 0 Å². The number of amidine groups is 1. The summed E-state index contributed by atoms with van der Waals surface area (Å²) < 4.78 is 1.08. The third-order valence-corrected chi connectivity index (χ3v) is 2.45. The van der Waals surface area contributed by atoms with E-state index in [1.807, 2.05) is 43.3 Å². The predicted molar refractivity (Wildman–Crippen MR) is 65.2 cm³/mol. The Labute approximate surface area is 93.8 Å². The minimum atomic E-state index is 0.947. The maximum atomic E-state index is 4.54. The zero-order chi connectivity index (χ0) is 10.6. The minimum Gasteiger partial charge on any atom is -0.366 e. The monoisotopic (exact) mass is 254 g/mol. The van der Waals surface area contributed by atoms with Gasteiger partial charge in [0.25, 0.3) is 0 Å². The fraction of sp³-hybridized carbons (Fsp3) is 0.364. The fourth-order valence-electron chi connectivity index (χ4n) is 1.16. The second-order valence-electron chi connectivity index (χ2n) is 3.25. The van der Waals surface area contributed by atoms with Crippen LogP contribution in [0.1, 0.15) is 13.3 Å². The molecule has 14 heavy (non-hydrogen) atoms. The van der Waals surface area contributed by atoms with Crippen molar-refractivity contribution in [3.8, 4) is 0 Å². The number of halogens is 1. The first-order chi connectivity index (χ1) is 6.63. The normalized spacial score (nSPS) is 11.6. The molecular formula is C11H15BrN2. The van der Waals surface area contributed by atoms with Crippen LogP contribution in [0.3, 0.4) is 0 Å². The van der Waals surface area contributed by atoms with Gasteiger partial charge >= 0.3 is 0 Å². The van der Waals surface area contributed by atoms with Crippen molar-refractivity contribution >= 4 is 27.5 Å². The molecule has 0 heterocycles. The Hall–Kier alpha value is -0.830. The van der Waals surface area contributed by atoms with Gasteiger partial charge in [0.15, 0.2) is 0 Å². The molecule has 1 aromatic carbocycles. The lowest BCUT2D eigenvalue weighted by atomic mass is 10.3. The van der Waals surface area contributed by atoms with E-state index in [-0.39, 0.29) is 0 Å². The molecule has 1 aromatic rings. The van der Waals surface area contributed by atoms with Gasteiger partial charge in [-0.05, 0) is 24.3 Å². The second-order valence-corrected chi connectivity index (χ2v) is 4.17. The van der Waals surface area contributed by atoms with E-state index in [0.717, 1.165) is 22.4 Å². The third-order valence-electron chi connectivity index (χ3n) is 1.92. The quantitative estimate of drug-likeness (QED) is 0.583. The van der Waals surface area contributed by atoms with Crippen LogP contribution in [0.5, 0.6) is 0 Å². The summed E-state index contributed by atoms with van der Waals surface area (Å²) in [5.74, 6) is 1.09. The highest BCUT2D eigenvalue weighted by Gasteiger charge is 1.98. The van der Waals surface area contributed by atoms with Gasteiger partial charge in [0.05, 0.1) is 5.69 Å². The van der Waals surface area contributed by atoms with E-state index in [1.165, 1.54) is 0 Å². The topological polar surface area (TPSA) is 15.6 Å². The Morgan fingerprint density at radius 2 is 1.86 bits per heavy atom. The van der Waals surface area contributed by atoms with Crippen molar-refractivity contribution < 1.29 is 0 Å². The maximum Gasteiger partial charge on any atom is 0.104 e. The number of hydrogen-bond acceptors (Lipinski definition) is 1. The third kappa shape index (κ3) is 3.14. The van der Waals surface area contributed by atoms with Crippen molar-refractivity contribution in [3.05, 3.63) is 28.7 Å². The molecule has 0 aliphatic carbocycles. The molecule has 0 N–H and O–H groups in total. The van der Waals surface area contributed by atoms with Crippen LogP contribution in [0.15, 0.2) is 33.7 Å². The van der Waals surface area contributed by atoms with Crippen LogP contribution in [0.25, 0.3) is 0 Å². The second kappa shape index (κ2) is 5.15. The fourth-order valence-corrected chi connectivity index (χ4v) is 1.42. The molecular weight excluding hydrogens is 240 g/mol. The smallest absolute Gasteiger partial charge is 0.104 e. The SMILES string of the molecule is CCC(=Nc1ccc(Br)cc1)N(C)C. The van der Waals surface area contributed by atoms with Gasteiger partial charge in [-0.1, -0.05) is 22.9 Å². The summed E-state index contributed by atoms with van der Waals surface area (Å²) in [6, 6.07) is 8.01. The summed E-state index contributed by atoms with van der Waals surface area (Å²) in [4.78, 5) is 6.58. The number of nitrogens with zero attached hydrogens (tertiary/aromatic N) is 2. The molecule has 2 nitrogen and oxygen atoms in total. The van der Waals surface area contributed by atoms with E-state index in [2.05, 4.69) is 27.8 Å². The number of hydrogen-bond donors (Lipinski definition) is 0. The Kier molecular flexibility index (Phi) is 4.14. The largest absolute Gasteiger partial charge is 0.366 e. The highest BCUT2D eigenvalue weighted by molar-refractivity contribution is 9.10. The Balaban J connectivity index is 2.89. The average Bonchev–Trinajstić information content (AvgIpc) is 2.16. The summed E-state index contributed by atoms with van der Waals surface area (Å²) in [5.41, 5.74) is 0.999. The van der Waals surface area contributed by atoms with Gasteiger partial charge in [0.2, 0.25) is 0 Å². The first-order valence-electron chi connectivity index (χ1n) is 4.64. The Bertz CT molecular complexity index is 315. The van der Waals surface area contributed by atoms with Crippen molar-refractivity contribution in [1.29, 1.82) is 0 Å². The van der Waals surface area contributed by atoms with Gasteiger partial charge in [-0.15, -0.1) is 0 Å². The summed E-state index contributed by atoms with van der Waals surface area (Å²) in [7, 11) is 4.03. The van der Waals surface area contributed by atoms with Crippen LogP contribution in [0.4, 0.5) is 5.69 Å². The van der Waals surface area contributed by atoms with Gasteiger partial charge in [-0.3, -0.25) is 0 Å². The van der Waals surface area contributed by atoms with Crippen LogP contribution in [0.2, 0.25) is 0 Å². The van der Waals surface area contributed by atoms with Crippen molar-refractivity contribution in [2.75, 3.05) is 14.1 Å². The minimum absolute atomic E-state index is 0.947. The molecule has 1 rings (SSSR count). The standard InChI is InChI=1S/C11H15BrN2/c1-4-11(14(2)3)13-10-7-5-9(12)6-8-10/h5-8H,4H2,1-3H3. The lowest BCUT2D eigenvalue weighted by Crippen LogP contribution is -2.20. The molecule has 0 radical (unpaired) electrons. The van der Waals surface area contributed by atoms with Gasteiger partial charge in [-0.2, -0.15) is 0 Å². The highest BCUT2D eigenvalue weighted by atomic mass is 79.9. The van der Waals surface area contributed by atoms with Crippen LogP contribution in [0, 0.1) is 0 Å². The van der Waals surface area contributed by atoms with Crippen LogP contribution in [-0.2, 0) is 0 Å². The molecule has 0 amide bonds. The number of aliphatic imine (C=N–C) groups is 1. The molecule has 0 saturated heterocycles. The van der Waals surface area contributed by atoms with Gasteiger partial charge in [-0.25, -0.2) is 4.99 Å².